The number of hydrogen-bond donors (Lipinski definition) is 0. The van der Waals surface area contributed by atoms with Crippen LogP contribution in [0, 0.1) is 13.8 Å². The standard InChI is InChI=1S/C12H11F2NO/c1-7-3-4-11(16-7)9-5-15-6-10(8(9)2)12(13)14/h3-6,12H,1-2H3. The highest BCUT2D eigenvalue weighted by Crippen LogP contribution is 2.30. The van der Waals surface area contributed by atoms with Crippen LogP contribution in [-0.4, -0.2) is 4.98 Å². The Morgan fingerprint density at radius 2 is 1.94 bits per heavy atom. The zero-order valence-corrected chi connectivity index (χ0v) is 9.00. The van der Waals surface area contributed by atoms with Crippen molar-refractivity contribution in [2.24, 2.45) is 0 Å². The lowest BCUT2D eigenvalue weighted by atomic mass is 10.0. The van der Waals surface area contributed by atoms with E-state index in [4.69, 9.17) is 4.42 Å². The Morgan fingerprint density at radius 3 is 2.50 bits per heavy atom. The van der Waals surface area contributed by atoms with Gasteiger partial charge in [-0.15, -0.1) is 0 Å². The second-order valence-electron chi connectivity index (χ2n) is 3.61. The van der Waals surface area contributed by atoms with Gasteiger partial charge in [0.1, 0.15) is 11.5 Å². The molecule has 0 N–H and O–H groups in total. The number of pyridine rings is 1. The minimum atomic E-state index is -2.51. The summed E-state index contributed by atoms with van der Waals surface area (Å²) >= 11 is 0. The van der Waals surface area contributed by atoms with Crippen LogP contribution in [0.25, 0.3) is 11.3 Å². The summed E-state index contributed by atoms with van der Waals surface area (Å²) in [4.78, 5) is 3.81. The highest BCUT2D eigenvalue weighted by molar-refractivity contribution is 5.62. The predicted octanol–water partition coefficient (Wildman–Crippen LogP) is 3.90. The van der Waals surface area contributed by atoms with Crippen LogP contribution in [0.2, 0.25) is 0 Å². The Kier molecular flexibility index (Phi) is 2.73. The average molecular weight is 223 g/mol. The van der Waals surface area contributed by atoms with Crippen LogP contribution in [0.15, 0.2) is 28.9 Å². The first-order valence-electron chi connectivity index (χ1n) is 4.89. The first kappa shape index (κ1) is 10.8. The molecule has 0 aliphatic heterocycles. The van der Waals surface area contributed by atoms with E-state index in [1.807, 2.05) is 6.92 Å². The fourth-order valence-corrected chi connectivity index (χ4v) is 1.59. The van der Waals surface area contributed by atoms with Crippen molar-refractivity contribution in [2.75, 3.05) is 0 Å². The molecule has 84 valence electrons. The zero-order chi connectivity index (χ0) is 11.7. The Morgan fingerprint density at radius 1 is 1.19 bits per heavy atom. The summed E-state index contributed by atoms with van der Waals surface area (Å²) in [5, 5.41) is 0. The van der Waals surface area contributed by atoms with E-state index in [2.05, 4.69) is 4.98 Å². The maximum Gasteiger partial charge on any atom is 0.265 e. The molecule has 0 aliphatic carbocycles. The zero-order valence-electron chi connectivity index (χ0n) is 9.00. The minimum Gasteiger partial charge on any atom is -0.461 e. The van der Waals surface area contributed by atoms with Crippen LogP contribution in [0.5, 0.6) is 0 Å². The second-order valence-corrected chi connectivity index (χ2v) is 3.61. The second kappa shape index (κ2) is 4.04. The van der Waals surface area contributed by atoms with Gasteiger partial charge in [0.2, 0.25) is 0 Å². The summed E-state index contributed by atoms with van der Waals surface area (Å²) in [5.41, 5.74) is 1.08. The van der Waals surface area contributed by atoms with Crippen LogP contribution < -0.4 is 0 Å². The molecule has 2 nitrogen and oxygen atoms in total. The van der Waals surface area contributed by atoms with Gasteiger partial charge >= 0.3 is 0 Å². The lowest BCUT2D eigenvalue weighted by molar-refractivity contribution is 0.150. The molecule has 0 aromatic carbocycles. The minimum absolute atomic E-state index is 0.0495. The van der Waals surface area contributed by atoms with Gasteiger partial charge in [-0.3, -0.25) is 4.98 Å². The summed E-state index contributed by atoms with van der Waals surface area (Å²) in [6, 6.07) is 3.55. The Bertz CT molecular complexity index is 505. The smallest absolute Gasteiger partial charge is 0.265 e. The van der Waals surface area contributed by atoms with Crippen molar-refractivity contribution in [1.82, 2.24) is 4.98 Å². The average Bonchev–Trinajstić information content (AvgIpc) is 2.64. The highest BCUT2D eigenvalue weighted by Gasteiger charge is 2.15. The molecule has 2 aromatic rings. The lowest BCUT2D eigenvalue weighted by Gasteiger charge is -2.07. The third-order valence-corrected chi connectivity index (χ3v) is 2.50. The fourth-order valence-electron chi connectivity index (χ4n) is 1.59. The van der Waals surface area contributed by atoms with Crippen LogP contribution in [0.4, 0.5) is 8.78 Å². The molecular weight excluding hydrogens is 212 g/mol. The molecule has 0 fully saturated rings. The maximum atomic E-state index is 12.7. The molecule has 4 heteroatoms. The highest BCUT2D eigenvalue weighted by atomic mass is 19.3. The molecule has 2 heterocycles. The van der Waals surface area contributed by atoms with Crippen molar-refractivity contribution < 1.29 is 13.2 Å². The van der Waals surface area contributed by atoms with Gasteiger partial charge in [-0.25, -0.2) is 8.78 Å². The molecule has 0 atom stereocenters. The van der Waals surface area contributed by atoms with Gasteiger partial charge in [0, 0.05) is 23.5 Å². The molecule has 16 heavy (non-hydrogen) atoms. The first-order chi connectivity index (χ1) is 7.59. The van der Waals surface area contributed by atoms with Crippen molar-refractivity contribution in [3.63, 3.8) is 0 Å². The van der Waals surface area contributed by atoms with Crippen molar-refractivity contribution in [3.8, 4) is 11.3 Å². The van der Waals surface area contributed by atoms with Gasteiger partial charge in [-0.1, -0.05) is 0 Å². The van der Waals surface area contributed by atoms with E-state index in [1.165, 1.54) is 6.20 Å². The van der Waals surface area contributed by atoms with Crippen LogP contribution in [-0.2, 0) is 0 Å². The number of nitrogens with zero attached hydrogens (tertiary/aromatic N) is 1. The summed E-state index contributed by atoms with van der Waals surface area (Å²) in [5.74, 6) is 1.32. The quantitative estimate of drug-likeness (QED) is 0.771. The molecule has 0 bridgehead atoms. The van der Waals surface area contributed by atoms with E-state index >= 15 is 0 Å². The number of aryl methyl sites for hydroxylation is 1. The van der Waals surface area contributed by atoms with E-state index in [0.717, 1.165) is 5.76 Å². The number of aromatic nitrogens is 1. The number of furan rings is 1. The van der Waals surface area contributed by atoms with E-state index < -0.39 is 6.43 Å². The van der Waals surface area contributed by atoms with Crippen molar-refractivity contribution >= 4 is 0 Å². The summed E-state index contributed by atoms with van der Waals surface area (Å²) < 4.78 is 30.7. The van der Waals surface area contributed by atoms with Gasteiger partial charge in [0.05, 0.1) is 0 Å². The predicted molar refractivity (Wildman–Crippen MR) is 56.4 cm³/mol. The Labute approximate surface area is 91.9 Å². The van der Waals surface area contributed by atoms with E-state index in [1.54, 1.807) is 25.3 Å². The normalized spacial score (nSPS) is 11.1. The van der Waals surface area contributed by atoms with Gasteiger partial charge in [0.15, 0.2) is 0 Å². The molecule has 0 spiro atoms. The third-order valence-electron chi connectivity index (χ3n) is 2.50. The maximum absolute atomic E-state index is 12.7. The molecule has 2 rings (SSSR count). The van der Waals surface area contributed by atoms with Crippen LogP contribution in [0.1, 0.15) is 23.3 Å². The molecule has 0 unspecified atom stereocenters. The van der Waals surface area contributed by atoms with Gasteiger partial charge in [-0.05, 0) is 31.5 Å². The summed E-state index contributed by atoms with van der Waals surface area (Å²) in [6.45, 7) is 3.46. The van der Waals surface area contributed by atoms with Crippen LogP contribution >= 0.6 is 0 Å². The van der Waals surface area contributed by atoms with E-state index in [9.17, 15) is 8.78 Å². The number of rotatable bonds is 2. The molecule has 0 aliphatic rings. The van der Waals surface area contributed by atoms with Crippen molar-refractivity contribution in [2.45, 2.75) is 20.3 Å². The van der Waals surface area contributed by atoms with Gasteiger partial charge < -0.3 is 4.42 Å². The van der Waals surface area contributed by atoms with Gasteiger partial charge in [-0.2, -0.15) is 0 Å². The van der Waals surface area contributed by atoms with Crippen molar-refractivity contribution in [3.05, 3.63) is 41.4 Å². The van der Waals surface area contributed by atoms with Gasteiger partial charge in [0.25, 0.3) is 6.43 Å². The topological polar surface area (TPSA) is 26.0 Å². The number of halogens is 2. The van der Waals surface area contributed by atoms with E-state index in [0.29, 0.717) is 16.9 Å². The molecule has 0 saturated heterocycles. The molecule has 0 amide bonds. The monoisotopic (exact) mass is 223 g/mol. The van der Waals surface area contributed by atoms with Crippen molar-refractivity contribution in [1.29, 1.82) is 0 Å². The molecule has 0 saturated carbocycles. The molecule has 2 aromatic heterocycles. The van der Waals surface area contributed by atoms with Crippen LogP contribution in [0.3, 0.4) is 0 Å². The summed E-state index contributed by atoms with van der Waals surface area (Å²) in [6.07, 6.45) is 0.224. The Balaban J connectivity index is 2.54. The third kappa shape index (κ3) is 1.83. The lowest BCUT2D eigenvalue weighted by Crippen LogP contribution is -1.94. The molecule has 0 radical (unpaired) electrons. The van der Waals surface area contributed by atoms with E-state index in [-0.39, 0.29) is 5.56 Å². The SMILES string of the molecule is Cc1ccc(-c2cncc(C(F)F)c2C)o1. The number of alkyl halides is 2. The summed E-state index contributed by atoms with van der Waals surface area (Å²) in [7, 11) is 0. The molecular formula is C12H11F2NO. The first-order valence-corrected chi connectivity index (χ1v) is 4.89. The fraction of sp³-hybridized carbons (Fsp3) is 0.250. The largest absolute Gasteiger partial charge is 0.461 e. The Hall–Kier alpha value is -1.71. The number of hydrogen-bond acceptors (Lipinski definition) is 2.